The van der Waals surface area contributed by atoms with Crippen LogP contribution in [0.3, 0.4) is 0 Å². The molecule has 2 N–H and O–H groups in total. The van der Waals surface area contributed by atoms with Crippen molar-refractivity contribution >= 4 is 18.1 Å². The van der Waals surface area contributed by atoms with Gasteiger partial charge in [0, 0.05) is 5.56 Å². The predicted molar refractivity (Wildman–Crippen MR) is 102 cm³/mol. The lowest BCUT2D eigenvalue weighted by Crippen LogP contribution is -2.19. The number of hydrogen-bond acceptors (Lipinski definition) is 4. The van der Waals surface area contributed by atoms with Crippen LogP contribution in [0.1, 0.15) is 27.2 Å². The fourth-order valence-electron chi connectivity index (χ4n) is 2.64. The van der Waals surface area contributed by atoms with Gasteiger partial charge in [0.05, 0.1) is 18.2 Å². The summed E-state index contributed by atoms with van der Waals surface area (Å²) < 4.78 is 18.5. The molecule has 0 fully saturated rings. The minimum Gasteiger partial charge on any atom is -0.478 e. The molecule has 142 valence electrons. The van der Waals surface area contributed by atoms with Crippen LogP contribution in [0.25, 0.3) is 11.3 Å². The van der Waals surface area contributed by atoms with E-state index < -0.39 is 5.97 Å². The van der Waals surface area contributed by atoms with E-state index in [2.05, 4.69) is 10.5 Å². The molecular formula is C21H17FN2O4. The number of carboxylic acid groups (broad SMARTS) is 1. The van der Waals surface area contributed by atoms with Crippen molar-refractivity contribution in [2.75, 3.05) is 0 Å². The van der Waals surface area contributed by atoms with Crippen LogP contribution >= 0.6 is 0 Å². The molecule has 0 bridgehead atoms. The third-order valence-corrected chi connectivity index (χ3v) is 4.02. The highest BCUT2D eigenvalue weighted by atomic mass is 19.1. The first-order valence-corrected chi connectivity index (χ1v) is 8.43. The van der Waals surface area contributed by atoms with Gasteiger partial charge in [0.2, 0.25) is 5.91 Å². The van der Waals surface area contributed by atoms with Gasteiger partial charge in [0.25, 0.3) is 0 Å². The minimum absolute atomic E-state index is 0.0795. The topological polar surface area (TPSA) is 91.9 Å². The van der Waals surface area contributed by atoms with Crippen LogP contribution in [0.5, 0.6) is 0 Å². The van der Waals surface area contributed by atoms with Gasteiger partial charge in [-0.1, -0.05) is 18.2 Å². The van der Waals surface area contributed by atoms with Crippen molar-refractivity contribution in [3.05, 3.63) is 82.9 Å². The second-order valence-electron chi connectivity index (χ2n) is 6.13. The van der Waals surface area contributed by atoms with Crippen molar-refractivity contribution in [2.24, 2.45) is 5.10 Å². The Hall–Kier alpha value is -3.74. The first kappa shape index (κ1) is 19.0. The molecule has 0 unspecified atom stereocenters. The predicted octanol–water partition coefficient (Wildman–Crippen LogP) is 3.79. The fourth-order valence-corrected chi connectivity index (χ4v) is 2.64. The number of nitrogens with zero attached hydrogens (tertiary/aromatic N) is 1. The molecule has 6 nitrogen and oxygen atoms in total. The number of carbonyl (C=O) groups is 2. The number of aryl methyl sites for hydroxylation is 1. The Labute approximate surface area is 160 Å². The van der Waals surface area contributed by atoms with E-state index in [1.54, 1.807) is 31.2 Å². The molecule has 1 aromatic heterocycles. The van der Waals surface area contributed by atoms with E-state index in [4.69, 9.17) is 9.52 Å². The van der Waals surface area contributed by atoms with Crippen LogP contribution in [0.2, 0.25) is 0 Å². The molecular weight excluding hydrogens is 363 g/mol. The van der Waals surface area contributed by atoms with E-state index in [-0.39, 0.29) is 23.7 Å². The van der Waals surface area contributed by atoms with E-state index >= 15 is 0 Å². The third-order valence-electron chi connectivity index (χ3n) is 4.02. The van der Waals surface area contributed by atoms with Gasteiger partial charge in [-0.3, -0.25) is 4.79 Å². The van der Waals surface area contributed by atoms with Crippen molar-refractivity contribution in [3.8, 4) is 11.3 Å². The molecule has 2 aromatic carbocycles. The summed E-state index contributed by atoms with van der Waals surface area (Å²) >= 11 is 0. The monoisotopic (exact) mass is 380 g/mol. The highest BCUT2D eigenvalue weighted by molar-refractivity contribution is 5.89. The Morgan fingerprint density at radius 1 is 1.14 bits per heavy atom. The maximum absolute atomic E-state index is 12.9. The second-order valence-corrected chi connectivity index (χ2v) is 6.13. The molecule has 0 spiro atoms. The summed E-state index contributed by atoms with van der Waals surface area (Å²) in [5.41, 5.74) is 4.81. The number of carbonyl (C=O) groups excluding carboxylic acids is 1. The molecule has 0 radical (unpaired) electrons. The van der Waals surface area contributed by atoms with Crippen molar-refractivity contribution in [3.63, 3.8) is 0 Å². The van der Waals surface area contributed by atoms with Crippen LogP contribution in [-0.2, 0) is 11.2 Å². The molecule has 0 atom stereocenters. The van der Waals surface area contributed by atoms with E-state index in [9.17, 15) is 14.0 Å². The van der Waals surface area contributed by atoms with Crippen LogP contribution in [-0.4, -0.2) is 23.2 Å². The first-order valence-electron chi connectivity index (χ1n) is 8.43. The number of rotatable bonds is 6. The number of hydrogen-bond donors (Lipinski definition) is 2. The lowest BCUT2D eigenvalue weighted by Gasteiger charge is -2.03. The Bertz CT molecular complexity index is 1040. The third kappa shape index (κ3) is 4.70. The lowest BCUT2D eigenvalue weighted by molar-refractivity contribution is -0.120. The van der Waals surface area contributed by atoms with Crippen molar-refractivity contribution in [1.82, 2.24) is 5.43 Å². The Morgan fingerprint density at radius 2 is 1.89 bits per heavy atom. The highest BCUT2D eigenvalue weighted by Gasteiger charge is 2.10. The SMILES string of the molecule is Cc1cc(C(=O)O)ccc1-c1ccc(/C=N\NC(=O)Cc2ccc(F)cc2)o1. The van der Waals surface area contributed by atoms with Gasteiger partial charge in [-0.2, -0.15) is 5.10 Å². The maximum Gasteiger partial charge on any atom is 0.335 e. The van der Waals surface area contributed by atoms with E-state index in [0.29, 0.717) is 17.1 Å². The zero-order valence-corrected chi connectivity index (χ0v) is 15.0. The molecule has 3 aromatic rings. The Kier molecular flexibility index (Phi) is 5.64. The number of nitrogens with one attached hydrogen (secondary N) is 1. The molecule has 7 heteroatoms. The zero-order chi connectivity index (χ0) is 20.1. The smallest absolute Gasteiger partial charge is 0.335 e. The van der Waals surface area contributed by atoms with E-state index in [0.717, 1.165) is 11.1 Å². The van der Waals surface area contributed by atoms with Crippen molar-refractivity contribution < 1.29 is 23.5 Å². The van der Waals surface area contributed by atoms with Gasteiger partial charge >= 0.3 is 5.97 Å². The van der Waals surface area contributed by atoms with Gasteiger partial charge < -0.3 is 9.52 Å². The highest BCUT2D eigenvalue weighted by Crippen LogP contribution is 2.26. The number of benzene rings is 2. The van der Waals surface area contributed by atoms with E-state index in [1.807, 2.05) is 0 Å². The number of carboxylic acids is 1. The molecule has 1 heterocycles. The normalized spacial score (nSPS) is 10.9. The quantitative estimate of drug-likeness (QED) is 0.503. The van der Waals surface area contributed by atoms with Gasteiger partial charge in [-0.15, -0.1) is 0 Å². The number of halogens is 1. The van der Waals surface area contributed by atoms with Gasteiger partial charge in [0.15, 0.2) is 0 Å². The summed E-state index contributed by atoms with van der Waals surface area (Å²) in [7, 11) is 0. The van der Waals surface area contributed by atoms with Gasteiger partial charge in [-0.25, -0.2) is 14.6 Å². The summed E-state index contributed by atoms with van der Waals surface area (Å²) in [6, 6.07) is 13.9. The largest absolute Gasteiger partial charge is 0.478 e. The summed E-state index contributed by atoms with van der Waals surface area (Å²) in [4.78, 5) is 22.9. The Morgan fingerprint density at radius 3 is 2.57 bits per heavy atom. The molecule has 0 aliphatic carbocycles. The van der Waals surface area contributed by atoms with Crippen LogP contribution in [0, 0.1) is 12.7 Å². The molecule has 0 aliphatic heterocycles. The molecule has 28 heavy (non-hydrogen) atoms. The first-order chi connectivity index (χ1) is 13.4. The van der Waals surface area contributed by atoms with E-state index in [1.165, 1.54) is 36.5 Å². The van der Waals surface area contributed by atoms with Crippen LogP contribution in [0.15, 0.2) is 64.1 Å². The molecule has 1 amide bonds. The number of furan rings is 1. The average Bonchev–Trinajstić information content (AvgIpc) is 3.12. The molecule has 0 saturated carbocycles. The summed E-state index contributed by atoms with van der Waals surface area (Å²) in [5, 5.41) is 12.9. The standard InChI is InChI=1S/C21H17FN2O4/c1-13-10-15(21(26)27)4-8-18(13)19-9-7-17(28-19)12-23-24-20(25)11-14-2-5-16(22)6-3-14/h2-10,12H,11H2,1H3,(H,24,25)(H,26,27)/b23-12-. The number of aromatic carboxylic acids is 1. The average molecular weight is 380 g/mol. The fraction of sp³-hybridized carbons (Fsp3) is 0.0952. The van der Waals surface area contributed by atoms with Gasteiger partial charge in [0.1, 0.15) is 17.3 Å². The van der Waals surface area contributed by atoms with Crippen LogP contribution < -0.4 is 5.43 Å². The number of amides is 1. The second kappa shape index (κ2) is 8.30. The minimum atomic E-state index is -0.988. The molecule has 0 saturated heterocycles. The summed E-state index contributed by atoms with van der Waals surface area (Å²) in [6.07, 6.45) is 1.45. The maximum atomic E-state index is 12.9. The zero-order valence-electron chi connectivity index (χ0n) is 15.0. The summed E-state index contributed by atoms with van der Waals surface area (Å²) in [6.45, 7) is 1.80. The number of hydrazone groups is 1. The van der Waals surface area contributed by atoms with Crippen LogP contribution in [0.4, 0.5) is 4.39 Å². The Balaban J connectivity index is 1.62. The lowest BCUT2D eigenvalue weighted by atomic mass is 10.0. The van der Waals surface area contributed by atoms with Crippen molar-refractivity contribution in [2.45, 2.75) is 13.3 Å². The van der Waals surface area contributed by atoms with Crippen molar-refractivity contribution in [1.29, 1.82) is 0 Å². The molecule has 3 rings (SSSR count). The molecule has 0 aliphatic rings. The summed E-state index contributed by atoms with van der Waals surface area (Å²) in [5.74, 6) is -0.691. The van der Waals surface area contributed by atoms with Gasteiger partial charge in [-0.05, 0) is 54.4 Å².